The van der Waals surface area contributed by atoms with Gasteiger partial charge in [0.05, 0.1) is 34.0 Å². The van der Waals surface area contributed by atoms with E-state index in [2.05, 4.69) is 24.3 Å². The van der Waals surface area contributed by atoms with Crippen LogP contribution in [0, 0.1) is 0 Å². The number of hydrogen-bond donors (Lipinski definition) is 2. The van der Waals surface area contributed by atoms with E-state index in [0.29, 0.717) is 33.3 Å². The fraction of sp³-hybridized carbons (Fsp3) is 0.417. The Bertz CT molecular complexity index is 671. The summed E-state index contributed by atoms with van der Waals surface area (Å²) in [6, 6.07) is 1.58. The molecule has 1 aliphatic heterocycles. The average Bonchev–Trinajstić information content (AvgIpc) is 2.94. The van der Waals surface area contributed by atoms with Gasteiger partial charge in [0, 0.05) is 26.2 Å². The fourth-order valence-electron chi connectivity index (χ4n) is 2.24. The summed E-state index contributed by atoms with van der Waals surface area (Å²) in [5, 5.41) is 6.88. The van der Waals surface area contributed by atoms with E-state index >= 15 is 0 Å². The number of fused-ring (bicyclic) bond motifs is 1. The first-order valence-corrected chi connectivity index (χ1v) is 7.97. The van der Waals surface area contributed by atoms with E-state index in [0.717, 1.165) is 37.9 Å². The molecule has 6 nitrogen and oxygen atoms in total. The van der Waals surface area contributed by atoms with Crippen molar-refractivity contribution >= 4 is 57.6 Å². The molecule has 1 aliphatic rings. The zero-order valence-corrected chi connectivity index (χ0v) is 13.4. The molecule has 0 bridgehead atoms. The normalized spacial score (nSPS) is 16.3. The molecule has 0 saturated carbocycles. The maximum absolute atomic E-state index is 12.2. The topological polar surface area (TPSA) is 70.2 Å². The largest absolute Gasteiger partial charge is 0.322 e. The fourth-order valence-corrected chi connectivity index (χ4v) is 3.40. The van der Waals surface area contributed by atoms with Gasteiger partial charge in [-0.3, -0.25) is 9.69 Å². The van der Waals surface area contributed by atoms with Gasteiger partial charge < -0.3 is 10.6 Å². The Morgan fingerprint density at radius 2 is 2.00 bits per heavy atom. The number of halogens is 2. The van der Waals surface area contributed by atoms with Gasteiger partial charge in [-0.2, -0.15) is 8.75 Å². The number of aromatic nitrogens is 2. The molecule has 0 spiro atoms. The molecule has 112 valence electrons. The van der Waals surface area contributed by atoms with Crippen molar-refractivity contribution in [3.8, 4) is 0 Å². The smallest absolute Gasteiger partial charge is 0.238 e. The van der Waals surface area contributed by atoms with Gasteiger partial charge >= 0.3 is 0 Å². The van der Waals surface area contributed by atoms with Crippen molar-refractivity contribution in [2.45, 2.75) is 0 Å². The molecule has 1 saturated heterocycles. The highest BCUT2D eigenvalue weighted by atomic mass is 35.5. The molecule has 1 aromatic carbocycles. The average molecular weight is 346 g/mol. The third kappa shape index (κ3) is 3.27. The molecule has 2 N–H and O–H groups in total. The molecule has 21 heavy (non-hydrogen) atoms. The van der Waals surface area contributed by atoms with E-state index in [9.17, 15) is 4.79 Å². The van der Waals surface area contributed by atoms with Crippen molar-refractivity contribution in [2.24, 2.45) is 0 Å². The van der Waals surface area contributed by atoms with Gasteiger partial charge in [0.25, 0.3) is 0 Å². The van der Waals surface area contributed by atoms with Crippen LogP contribution in [-0.2, 0) is 4.79 Å². The first-order valence-electron chi connectivity index (χ1n) is 6.48. The Kier molecular flexibility index (Phi) is 4.56. The van der Waals surface area contributed by atoms with Crippen LogP contribution in [0.3, 0.4) is 0 Å². The van der Waals surface area contributed by atoms with E-state index in [-0.39, 0.29) is 5.91 Å². The quantitative estimate of drug-likeness (QED) is 0.888. The van der Waals surface area contributed by atoms with E-state index in [1.807, 2.05) is 0 Å². The van der Waals surface area contributed by atoms with Gasteiger partial charge in [-0.25, -0.2) is 0 Å². The van der Waals surface area contributed by atoms with Gasteiger partial charge in [0.2, 0.25) is 5.91 Å². The number of carbonyl (C=O) groups is 1. The Balaban J connectivity index is 1.78. The number of rotatable bonds is 3. The predicted octanol–water partition coefficient (Wildman–Crippen LogP) is 1.84. The van der Waals surface area contributed by atoms with Gasteiger partial charge in [-0.05, 0) is 6.07 Å². The third-order valence-electron chi connectivity index (χ3n) is 3.29. The number of hydrogen-bond acceptors (Lipinski definition) is 6. The molecule has 0 radical (unpaired) electrons. The zero-order chi connectivity index (χ0) is 14.8. The number of nitrogens with zero attached hydrogens (tertiary/aromatic N) is 3. The van der Waals surface area contributed by atoms with E-state index in [4.69, 9.17) is 23.2 Å². The van der Waals surface area contributed by atoms with Gasteiger partial charge in [-0.1, -0.05) is 23.2 Å². The van der Waals surface area contributed by atoms with Crippen LogP contribution < -0.4 is 10.6 Å². The molecule has 0 unspecified atom stereocenters. The van der Waals surface area contributed by atoms with Crippen molar-refractivity contribution in [3.63, 3.8) is 0 Å². The second kappa shape index (κ2) is 6.41. The van der Waals surface area contributed by atoms with Crippen LogP contribution >= 0.6 is 34.9 Å². The van der Waals surface area contributed by atoms with Gasteiger partial charge in [0.15, 0.2) is 0 Å². The summed E-state index contributed by atoms with van der Waals surface area (Å²) in [5.41, 5.74) is 1.57. The molecule has 1 fully saturated rings. The lowest BCUT2D eigenvalue weighted by Gasteiger charge is -2.26. The summed E-state index contributed by atoms with van der Waals surface area (Å²) in [6.07, 6.45) is 0. The van der Waals surface area contributed by atoms with Crippen LogP contribution in [0.5, 0.6) is 0 Å². The lowest BCUT2D eigenvalue weighted by Crippen LogP contribution is -2.46. The van der Waals surface area contributed by atoms with Crippen molar-refractivity contribution in [1.82, 2.24) is 19.0 Å². The first kappa shape index (κ1) is 14.9. The summed E-state index contributed by atoms with van der Waals surface area (Å²) in [7, 11) is 0. The van der Waals surface area contributed by atoms with E-state index in [1.54, 1.807) is 6.07 Å². The van der Waals surface area contributed by atoms with Crippen molar-refractivity contribution in [2.75, 3.05) is 38.0 Å². The van der Waals surface area contributed by atoms with Crippen molar-refractivity contribution < 1.29 is 4.79 Å². The highest BCUT2D eigenvalue weighted by molar-refractivity contribution is 7.00. The molecule has 3 rings (SSSR count). The minimum absolute atomic E-state index is 0.115. The maximum Gasteiger partial charge on any atom is 0.238 e. The lowest BCUT2D eigenvalue weighted by atomic mass is 10.2. The molecule has 1 amide bonds. The number of amides is 1. The number of nitrogens with one attached hydrogen (secondary N) is 2. The molecule has 2 heterocycles. The number of piperazine rings is 1. The molecule has 0 atom stereocenters. The lowest BCUT2D eigenvalue weighted by molar-refractivity contribution is -0.117. The van der Waals surface area contributed by atoms with E-state index in [1.165, 1.54) is 0 Å². The first-order chi connectivity index (χ1) is 10.1. The summed E-state index contributed by atoms with van der Waals surface area (Å²) in [5.74, 6) is -0.115. The Morgan fingerprint density at radius 1 is 1.29 bits per heavy atom. The van der Waals surface area contributed by atoms with Crippen LogP contribution in [0.1, 0.15) is 0 Å². The maximum atomic E-state index is 12.2. The molecule has 0 aliphatic carbocycles. The Labute approximate surface area is 135 Å². The van der Waals surface area contributed by atoms with Crippen molar-refractivity contribution in [3.05, 3.63) is 16.1 Å². The number of benzene rings is 1. The number of carbonyl (C=O) groups excluding carboxylic acids is 1. The minimum Gasteiger partial charge on any atom is -0.322 e. The summed E-state index contributed by atoms with van der Waals surface area (Å²) in [4.78, 5) is 14.3. The summed E-state index contributed by atoms with van der Waals surface area (Å²) >= 11 is 13.3. The van der Waals surface area contributed by atoms with Crippen LogP contribution in [-0.4, -0.2) is 52.3 Å². The standard InChI is InChI=1S/C12H13Cl2N5OS/c13-7-5-8(14)11-12(18-21-17-11)10(7)16-9(20)6-19-3-1-15-2-4-19/h5,15H,1-4,6H2,(H,16,20). The summed E-state index contributed by atoms with van der Waals surface area (Å²) in [6.45, 7) is 3.84. The molecule has 9 heteroatoms. The minimum atomic E-state index is -0.115. The van der Waals surface area contributed by atoms with Crippen LogP contribution in [0.25, 0.3) is 11.0 Å². The van der Waals surface area contributed by atoms with Crippen LogP contribution in [0.15, 0.2) is 6.07 Å². The Hall–Kier alpha value is -0.990. The molecular formula is C12H13Cl2N5OS. The zero-order valence-electron chi connectivity index (χ0n) is 11.0. The Morgan fingerprint density at radius 3 is 2.76 bits per heavy atom. The molecule has 2 aromatic rings. The van der Waals surface area contributed by atoms with Gasteiger partial charge in [0.1, 0.15) is 11.0 Å². The molecular weight excluding hydrogens is 333 g/mol. The highest BCUT2D eigenvalue weighted by Crippen LogP contribution is 2.35. The second-order valence-corrected chi connectivity index (χ2v) is 6.09. The number of anilines is 1. The molecule has 1 aromatic heterocycles. The van der Waals surface area contributed by atoms with Crippen LogP contribution in [0.4, 0.5) is 5.69 Å². The SMILES string of the molecule is O=C(CN1CCNCC1)Nc1c(Cl)cc(Cl)c2nsnc12. The van der Waals surface area contributed by atoms with Crippen LogP contribution in [0.2, 0.25) is 10.0 Å². The second-order valence-electron chi connectivity index (χ2n) is 4.75. The summed E-state index contributed by atoms with van der Waals surface area (Å²) < 4.78 is 8.28. The predicted molar refractivity (Wildman–Crippen MR) is 85.4 cm³/mol. The third-order valence-corrected chi connectivity index (χ3v) is 4.40. The van der Waals surface area contributed by atoms with E-state index < -0.39 is 0 Å². The van der Waals surface area contributed by atoms with Gasteiger partial charge in [-0.15, -0.1) is 0 Å². The highest BCUT2D eigenvalue weighted by Gasteiger charge is 2.18. The monoisotopic (exact) mass is 345 g/mol. The van der Waals surface area contributed by atoms with Crippen molar-refractivity contribution in [1.29, 1.82) is 0 Å².